The molecule has 3 heterocycles. The lowest BCUT2D eigenvalue weighted by Gasteiger charge is -2.19. The number of imidazole rings is 1. The van der Waals surface area contributed by atoms with Crippen LogP contribution in [-0.2, 0) is 0 Å². The number of halogens is 1. The summed E-state index contributed by atoms with van der Waals surface area (Å²) in [4.78, 5) is 17.1. The lowest BCUT2D eigenvalue weighted by atomic mass is 9.97. The Morgan fingerprint density at radius 2 is 1.93 bits per heavy atom. The average molecular weight is 402 g/mol. The van der Waals surface area contributed by atoms with E-state index in [1.165, 1.54) is 12.1 Å². The zero-order valence-corrected chi connectivity index (χ0v) is 17.0. The molecule has 152 valence electrons. The molecule has 1 aromatic carbocycles. The normalized spacial score (nSPS) is 26.1. The van der Waals surface area contributed by atoms with E-state index in [4.69, 9.17) is 9.72 Å². The third-order valence-electron chi connectivity index (χ3n) is 6.94. The molecule has 1 N–H and O–H groups in total. The van der Waals surface area contributed by atoms with Gasteiger partial charge in [0, 0.05) is 23.2 Å². The highest BCUT2D eigenvalue weighted by molar-refractivity contribution is 5.84. The minimum atomic E-state index is -0.265. The number of ether oxygens (including phenoxy) is 1. The number of H-pyrrole nitrogens is 1. The molecule has 2 aliphatic rings. The first-order valence-electron chi connectivity index (χ1n) is 10.6. The van der Waals surface area contributed by atoms with Crippen LogP contribution in [0.15, 0.2) is 42.6 Å². The van der Waals surface area contributed by atoms with Crippen molar-refractivity contribution < 1.29 is 9.13 Å². The summed E-state index contributed by atoms with van der Waals surface area (Å²) in [6.45, 7) is 4.26. The molecule has 4 aromatic rings. The van der Waals surface area contributed by atoms with E-state index in [0.29, 0.717) is 23.7 Å². The largest absolute Gasteiger partial charge is 0.490 e. The molecule has 0 bridgehead atoms. The number of rotatable bonds is 4. The number of benzene rings is 1. The predicted octanol–water partition coefficient (Wildman–Crippen LogP) is 5.16. The zero-order valence-electron chi connectivity index (χ0n) is 17.0. The van der Waals surface area contributed by atoms with Gasteiger partial charge in [-0.05, 0) is 73.9 Å². The van der Waals surface area contributed by atoms with Crippen LogP contribution >= 0.6 is 0 Å². The van der Waals surface area contributed by atoms with Crippen LogP contribution in [0.1, 0.15) is 37.2 Å². The van der Waals surface area contributed by atoms with Gasteiger partial charge >= 0.3 is 0 Å². The van der Waals surface area contributed by atoms with Gasteiger partial charge in [-0.3, -0.25) is 4.98 Å². The van der Waals surface area contributed by atoms with Gasteiger partial charge in [-0.2, -0.15) is 0 Å². The molecular formula is C24H23FN4O. The van der Waals surface area contributed by atoms with Crippen LogP contribution in [-0.4, -0.2) is 26.0 Å². The molecule has 0 radical (unpaired) electrons. The summed E-state index contributed by atoms with van der Waals surface area (Å²) in [6.07, 6.45) is 3.98. The second kappa shape index (κ2) is 6.49. The second-order valence-electron chi connectivity index (χ2n) is 8.82. The van der Waals surface area contributed by atoms with Crippen molar-refractivity contribution in [2.75, 3.05) is 0 Å². The van der Waals surface area contributed by atoms with Crippen molar-refractivity contribution in [3.63, 3.8) is 0 Å². The fourth-order valence-corrected chi connectivity index (χ4v) is 5.46. The van der Waals surface area contributed by atoms with E-state index in [-0.39, 0.29) is 11.9 Å². The Labute approximate surface area is 173 Å². The molecule has 0 saturated heterocycles. The van der Waals surface area contributed by atoms with Crippen LogP contribution in [0.4, 0.5) is 4.39 Å². The molecule has 6 rings (SSSR count). The SMILES string of the molecule is Cc1ccc2[nH]c(C(C)[C@H]3[C@@H]4C[C@H](Oc5ccnc6ccc(F)cc56)C[C@@H]43)nc2n1. The summed E-state index contributed by atoms with van der Waals surface area (Å²) in [6, 6.07) is 10.6. The Morgan fingerprint density at radius 1 is 1.10 bits per heavy atom. The number of nitrogens with one attached hydrogen (secondary N) is 1. The number of aryl methyl sites for hydroxylation is 1. The molecule has 2 aliphatic carbocycles. The van der Waals surface area contributed by atoms with E-state index in [1.807, 2.05) is 19.1 Å². The lowest BCUT2D eigenvalue weighted by Crippen LogP contribution is -2.17. The first-order chi connectivity index (χ1) is 14.6. The molecule has 0 amide bonds. The van der Waals surface area contributed by atoms with E-state index in [1.54, 1.807) is 12.3 Å². The molecule has 5 atom stereocenters. The monoisotopic (exact) mass is 402 g/mol. The number of nitrogens with zero attached hydrogens (tertiary/aromatic N) is 3. The first kappa shape index (κ1) is 17.8. The lowest BCUT2D eigenvalue weighted by molar-refractivity contribution is 0.186. The minimum Gasteiger partial charge on any atom is -0.490 e. The average Bonchev–Trinajstić information content (AvgIpc) is 3.06. The van der Waals surface area contributed by atoms with Crippen LogP contribution in [0.5, 0.6) is 5.75 Å². The number of pyridine rings is 2. The van der Waals surface area contributed by atoms with Gasteiger partial charge in [0.25, 0.3) is 0 Å². The summed E-state index contributed by atoms with van der Waals surface area (Å²) in [5, 5.41) is 0.744. The van der Waals surface area contributed by atoms with Gasteiger partial charge < -0.3 is 9.72 Å². The van der Waals surface area contributed by atoms with E-state index in [2.05, 4.69) is 27.9 Å². The Balaban J connectivity index is 1.16. The summed E-state index contributed by atoms with van der Waals surface area (Å²) >= 11 is 0. The molecule has 2 fully saturated rings. The molecule has 1 unspecified atom stereocenters. The van der Waals surface area contributed by atoms with Crippen molar-refractivity contribution in [2.45, 2.75) is 38.7 Å². The predicted molar refractivity (Wildman–Crippen MR) is 113 cm³/mol. The van der Waals surface area contributed by atoms with E-state index < -0.39 is 0 Å². The fourth-order valence-electron chi connectivity index (χ4n) is 5.46. The quantitative estimate of drug-likeness (QED) is 0.512. The zero-order chi connectivity index (χ0) is 20.4. The van der Waals surface area contributed by atoms with Crippen LogP contribution < -0.4 is 4.74 Å². The van der Waals surface area contributed by atoms with Gasteiger partial charge in [0.15, 0.2) is 5.65 Å². The van der Waals surface area contributed by atoms with Gasteiger partial charge in [0.2, 0.25) is 0 Å². The molecule has 2 saturated carbocycles. The molecule has 0 spiro atoms. The van der Waals surface area contributed by atoms with Crippen LogP contribution in [0, 0.1) is 30.5 Å². The van der Waals surface area contributed by atoms with Crippen molar-refractivity contribution in [1.82, 2.24) is 19.9 Å². The van der Waals surface area contributed by atoms with Gasteiger partial charge in [0.05, 0.1) is 17.1 Å². The molecule has 3 aromatic heterocycles. The number of aromatic nitrogens is 4. The maximum atomic E-state index is 13.7. The molecule has 5 nitrogen and oxygen atoms in total. The Kier molecular flexibility index (Phi) is 3.85. The van der Waals surface area contributed by atoms with E-state index >= 15 is 0 Å². The number of hydrogen-bond donors (Lipinski definition) is 1. The topological polar surface area (TPSA) is 63.7 Å². The molecule has 30 heavy (non-hydrogen) atoms. The Hall–Kier alpha value is -3.02. The first-order valence-corrected chi connectivity index (χ1v) is 10.6. The molecular weight excluding hydrogens is 379 g/mol. The maximum absolute atomic E-state index is 13.7. The van der Waals surface area contributed by atoms with Gasteiger partial charge in [-0.1, -0.05) is 6.92 Å². The summed E-state index contributed by atoms with van der Waals surface area (Å²) in [7, 11) is 0. The number of aromatic amines is 1. The summed E-state index contributed by atoms with van der Waals surface area (Å²) < 4.78 is 20.0. The molecule has 6 heteroatoms. The Bertz CT molecular complexity index is 1260. The van der Waals surface area contributed by atoms with Crippen molar-refractivity contribution in [1.29, 1.82) is 0 Å². The maximum Gasteiger partial charge on any atom is 0.177 e. The summed E-state index contributed by atoms with van der Waals surface area (Å²) in [5.74, 6) is 3.85. The smallest absolute Gasteiger partial charge is 0.177 e. The summed E-state index contributed by atoms with van der Waals surface area (Å²) in [5.41, 5.74) is 3.56. The highest BCUT2D eigenvalue weighted by Crippen LogP contribution is 2.63. The van der Waals surface area contributed by atoms with E-state index in [9.17, 15) is 4.39 Å². The van der Waals surface area contributed by atoms with E-state index in [0.717, 1.165) is 52.2 Å². The third-order valence-corrected chi connectivity index (χ3v) is 6.94. The van der Waals surface area contributed by atoms with Gasteiger partial charge in [-0.15, -0.1) is 0 Å². The fraction of sp³-hybridized carbons (Fsp3) is 0.375. The van der Waals surface area contributed by atoms with Crippen molar-refractivity contribution in [2.24, 2.45) is 17.8 Å². The third kappa shape index (κ3) is 2.85. The van der Waals surface area contributed by atoms with Crippen LogP contribution in [0.3, 0.4) is 0 Å². The van der Waals surface area contributed by atoms with Crippen molar-refractivity contribution in [3.8, 4) is 5.75 Å². The highest BCUT2D eigenvalue weighted by atomic mass is 19.1. The van der Waals surface area contributed by atoms with Crippen molar-refractivity contribution >= 4 is 22.1 Å². The number of fused-ring (bicyclic) bond motifs is 3. The Morgan fingerprint density at radius 3 is 2.77 bits per heavy atom. The van der Waals surface area contributed by atoms with Crippen molar-refractivity contribution in [3.05, 3.63) is 59.9 Å². The highest BCUT2D eigenvalue weighted by Gasteiger charge is 2.59. The van der Waals surface area contributed by atoms with Crippen LogP contribution in [0.25, 0.3) is 22.1 Å². The number of hydrogen-bond acceptors (Lipinski definition) is 4. The molecule has 0 aliphatic heterocycles. The second-order valence-corrected chi connectivity index (χ2v) is 8.82. The standard InChI is InChI=1S/C24H23FN4O/c1-12-3-5-20-24(27-12)29-23(28-20)13(2)22-16-10-15(11-17(16)22)30-21-7-8-26-19-6-4-14(25)9-18(19)21/h3-9,13,15-17,22H,10-11H2,1-2H3,(H,27,28,29)/t13?,15-,16+,17-,22-. The minimum absolute atomic E-state index is 0.178. The van der Waals surface area contributed by atoms with Gasteiger partial charge in [0.1, 0.15) is 17.4 Å². The van der Waals surface area contributed by atoms with Crippen LogP contribution in [0.2, 0.25) is 0 Å². The van der Waals surface area contributed by atoms with Gasteiger partial charge in [-0.25, -0.2) is 14.4 Å².